The minimum absolute atomic E-state index is 0.107. The molecule has 2 aliphatic carbocycles. The SMILES string of the molecule is O=C(NC(CO)C(=O)NC1CC2CCC1C2)c1ccc(-c2ccc(C(F)(F)F)cc2)cc1. The summed E-state index contributed by atoms with van der Waals surface area (Å²) in [6, 6.07) is 10.1. The van der Waals surface area contributed by atoms with Crippen LogP contribution in [0, 0.1) is 11.8 Å². The minimum atomic E-state index is -4.40. The predicted molar refractivity (Wildman–Crippen MR) is 113 cm³/mol. The summed E-state index contributed by atoms with van der Waals surface area (Å²) in [5.74, 6) is 0.248. The molecule has 2 aromatic carbocycles. The van der Waals surface area contributed by atoms with Gasteiger partial charge in [-0.2, -0.15) is 13.2 Å². The summed E-state index contributed by atoms with van der Waals surface area (Å²) in [7, 11) is 0. The third-order valence-corrected chi connectivity index (χ3v) is 6.56. The van der Waals surface area contributed by atoms with Crippen molar-refractivity contribution in [3.63, 3.8) is 0 Å². The van der Waals surface area contributed by atoms with Crippen LogP contribution in [0.25, 0.3) is 11.1 Å². The van der Waals surface area contributed by atoms with Crippen LogP contribution in [0.1, 0.15) is 41.6 Å². The first-order valence-electron chi connectivity index (χ1n) is 10.7. The molecule has 2 aromatic rings. The molecule has 4 unspecified atom stereocenters. The van der Waals surface area contributed by atoms with Crippen LogP contribution in [0.5, 0.6) is 0 Å². The van der Waals surface area contributed by atoms with Crippen molar-refractivity contribution in [3.05, 3.63) is 59.7 Å². The van der Waals surface area contributed by atoms with Crippen LogP contribution in [-0.4, -0.2) is 35.6 Å². The molecule has 0 aromatic heterocycles. The van der Waals surface area contributed by atoms with E-state index in [0.717, 1.165) is 31.4 Å². The summed E-state index contributed by atoms with van der Waals surface area (Å²) < 4.78 is 38.1. The Balaban J connectivity index is 1.36. The molecule has 4 atom stereocenters. The topological polar surface area (TPSA) is 78.4 Å². The summed E-state index contributed by atoms with van der Waals surface area (Å²) >= 11 is 0. The third kappa shape index (κ3) is 4.80. The number of halogens is 3. The van der Waals surface area contributed by atoms with Crippen molar-refractivity contribution in [3.8, 4) is 11.1 Å². The number of benzene rings is 2. The van der Waals surface area contributed by atoms with Crippen LogP contribution in [-0.2, 0) is 11.0 Å². The molecule has 2 amide bonds. The van der Waals surface area contributed by atoms with Gasteiger partial charge in [0.25, 0.3) is 5.91 Å². The van der Waals surface area contributed by atoms with E-state index in [1.807, 2.05) is 0 Å². The van der Waals surface area contributed by atoms with Gasteiger partial charge in [0.2, 0.25) is 5.91 Å². The summed E-state index contributed by atoms with van der Waals surface area (Å²) in [5.41, 5.74) is 0.800. The van der Waals surface area contributed by atoms with Gasteiger partial charge in [0, 0.05) is 11.6 Å². The molecule has 2 bridgehead atoms. The van der Waals surface area contributed by atoms with Gasteiger partial charge in [-0.15, -0.1) is 0 Å². The van der Waals surface area contributed by atoms with E-state index in [9.17, 15) is 27.9 Å². The number of aliphatic hydroxyl groups is 1. The fourth-order valence-electron chi connectivity index (χ4n) is 4.81. The number of aliphatic hydroxyl groups excluding tert-OH is 1. The number of carbonyl (C=O) groups is 2. The molecule has 8 heteroatoms. The largest absolute Gasteiger partial charge is 0.416 e. The summed E-state index contributed by atoms with van der Waals surface area (Å²) in [5, 5.41) is 15.1. The smallest absolute Gasteiger partial charge is 0.394 e. The quantitative estimate of drug-likeness (QED) is 0.632. The highest BCUT2D eigenvalue weighted by Gasteiger charge is 2.40. The Hall–Kier alpha value is -2.87. The molecule has 170 valence electrons. The standard InChI is InChI=1S/C24H25F3N2O3/c25-24(26,27)19-9-7-16(8-10-19)15-3-5-17(6-4-15)22(31)29-21(13-30)23(32)28-20-12-14-1-2-18(20)11-14/h3-10,14,18,20-21,30H,1-2,11-13H2,(H,28,32)(H,29,31). The van der Waals surface area contributed by atoms with Gasteiger partial charge in [0.05, 0.1) is 12.2 Å². The zero-order valence-electron chi connectivity index (χ0n) is 17.4. The van der Waals surface area contributed by atoms with Crippen LogP contribution < -0.4 is 10.6 Å². The second-order valence-corrected chi connectivity index (χ2v) is 8.65. The van der Waals surface area contributed by atoms with E-state index in [2.05, 4.69) is 10.6 Å². The average molecular weight is 446 g/mol. The molecule has 5 nitrogen and oxygen atoms in total. The second-order valence-electron chi connectivity index (χ2n) is 8.65. The van der Waals surface area contributed by atoms with Gasteiger partial charge in [-0.1, -0.05) is 30.7 Å². The molecule has 0 heterocycles. The molecular formula is C24H25F3N2O3. The first-order valence-corrected chi connectivity index (χ1v) is 10.7. The number of rotatable bonds is 6. The molecule has 32 heavy (non-hydrogen) atoms. The van der Waals surface area contributed by atoms with Crippen molar-refractivity contribution in [2.75, 3.05) is 6.61 Å². The lowest BCUT2D eigenvalue weighted by atomic mass is 9.95. The number of alkyl halides is 3. The summed E-state index contributed by atoms with van der Waals surface area (Å²) in [6.45, 7) is -0.512. The van der Waals surface area contributed by atoms with Gasteiger partial charge in [0.15, 0.2) is 0 Å². The predicted octanol–water partition coefficient (Wildman–Crippen LogP) is 3.77. The lowest BCUT2D eigenvalue weighted by molar-refractivity contribution is -0.137. The zero-order valence-corrected chi connectivity index (χ0v) is 17.4. The van der Waals surface area contributed by atoms with E-state index in [4.69, 9.17) is 0 Å². The van der Waals surface area contributed by atoms with Gasteiger partial charge in [-0.25, -0.2) is 0 Å². The molecule has 0 saturated heterocycles. The molecule has 2 fully saturated rings. The number of fused-ring (bicyclic) bond motifs is 2. The summed E-state index contributed by atoms with van der Waals surface area (Å²) in [6.07, 6.45) is 0.00434. The fourth-order valence-corrected chi connectivity index (χ4v) is 4.81. The van der Waals surface area contributed by atoms with Crippen LogP contribution in [0.2, 0.25) is 0 Å². The van der Waals surface area contributed by atoms with Crippen molar-refractivity contribution in [1.82, 2.24) is 10.6 Å². The molecule has 3 N–H and O–H groups in total. The molecule has 0 aliphatic heterocycles. The van der Waals surface area contributed by atoms with Crippen molar-refractivity contribution >= 4 is 11.8 Å². The second kappa shape index (κ2) is 8.94. The van der Waals surface area contributed by atoms with E-state index in [1.165, 1.54) is 30.7 Å². The number of amides is 2. The number of hydrogen-bond acceptors (Lipinski definition) is 3. The van der Waals surface area contributed by atoms with Crippen molar-refractivity contribution in [2.45, 2.75) is 43.9 Å². The van der Waals surface area contributed by atoms with Gasteiger partial charge in [-0.05, 0) is 66.5 Å². The van der Waals surface area contributed by atoms with E-state index < -0.39 is 30.3 Å². The Labute approximate surface area is 184 Å². The van der Waals surface area contributed by atoms with Gasteiger partial charge >= 0.3 is 6.18 Å². The fraction of sp³-hybridized carbons (Fsp3) is 0.417. The lowest BCUT2D eigenvalue weighted by Gasteiger charge is -2.25. The maximum absolute atomic E-state index is 12.7. The maximum atomic E-state index is 12.7. The lowest BCUT2D eigenvalue weighted by Crippen LogP contribution is -2.52. The number of hydrogen-bond donors (Lipinski definition) is 3. The molecular weight excluding hydrogens is 421 g/mol. The van der Waals surface area contributed by atoms with E-state index in [0.29, 0.717) is 23.0 Å². The first-order chi connectivity index (χ1) is 15.2. The normalized spacial score (nSPS) is 23.1. The van der Waals surface area contributed by atoms with Gasteiger partial charge in [0.1, 0.15) is 6.04 Å². The number of nitrogens with one attached hydrogen (secondary N) is 2. The molecule has 0 spiro atoms. The molecule has 2 saturated carbocycles. The molecule has 2 aliphatic rings. The Morgan fingerprint density at radius 1 is 0.969 bits per heavy atom. The van der Waals surface area contributed by atoms with Gasteiger partial charge < -0.3 is 15.7 Å². The van der Waals surface area contributed by atoms with Crippen LogP contribution in [0.15, 0.2) is 48.5 Å². The third-order valence-electron chi connectivity index (χ3n) is 6.56. The monoisotopic (exact) mass is 446 g/mol. The van der Waals surface area contributed by atoms with Crippen LogP contribution in [0.3, 0.4) is 0 Å². The highest BCUT2D eigenvalue weighted by atomic mass is 19.4. The Kier molecular flexibility index (Phi) is 6.24. The first kappa shape index (κ1) is 22.3. The van der Waals surface area contributed by atoms with Crippen molar-refractivity contribution < 1.29 is 27.9 Å². The molecule has 0 radical (unpaired) electrons. The zero-order chi connectivity index (χ0) is 22.9. The Morgan fingerprint density at radius 3 is 2.09 bits per heavy atom. The summed E-state index contributed by atoms with van der Waals surface area (Å²) in [4.78, 5) is 25.1. The highest BCUT2D eigenvalue weighted by Crippen LogP contribution is 2.44. The highest BCUT2D eigenvalue weighted by molar-refractivity contribution is 5.98. The van der Waals surface area contributed by atoms with E-state index >= 15 is 0 Å². The minimum Gasteiger partial charge on any atom is -0.394 e. The number of carbonyl (C=O) groups excluding carboxylic acids is 2. The van der Waals surface area contributed by atoms with E-state index in [1.54, 1.807) is 12.1 Å². The molecule has 4 rings (SSSR count). The van der Waals surface area contributed by atoms with Gasteiger partial charge in [-0.3, -0.25) is 9.59 Å². The van der Waals surface area contributed by atoms with Crippen molar-refractivity contribution in [2.24, 2.45) is 11.8 Å². The maximum Gasteiger partial charge on any atom is 0.416 e. The van der Waals surface area contributed by atoms with Crippen LogP contribution >= 0.6 is 0 Å². The van der Waals surface area contributed by atoms with E-state index in [-0.39, 0.29) is 17.5 Å². The Morgan fingerprint density at radius 2 is 1.59 bits per heavy atom. The average Bonchev–Trinajstić information content (AvgIpc) is 3.40. The van der Waals surface area contributed by atoms with Crippen molar-refractivity contribution in [1.29, 1.82) is 0 Å². The van der Waals surface area contributed by atoms with Crippen LogP contribution in [0.4, 0.5) is 13.2 Å². The Bertz CT molecular complexity index is 973.